The smallest absolute Gasteiger partial charge is 0.179 e. The van der Waals surface area contributed by atoms with E-state index in [1.807, 2.05) is 17.7 Å². The highest BCUT2D eigenvalue weighted by molar-refractivity contribution is 6.32. The van der Waals surface area contributed by atoms with Gasteiger partial charge in [-0.25, -0.2) is 9.37 Å². The van der Waals surface area contributed by atoms with Gasteiger partial charge in [0, 0.05) is 18.2 Å². The second-order valence-corrected chi connectivity index (χ2v) is 6.00. The average molecular weight is 377 g/mol. The number of aryl methyl sites for hydroxylation is 1. The van der Waals surface area contributed by atoms with Crippen LogP contribution in [0.4, 0.5) is 4.39 Å². The summed E-state index contributed by atoms with van der Waals surface area (Å²) in [6.45, 7) is 0. The Hall–Kier alpha value is -2.73. The standard InChI is InChI=1S/C19H18ClFN2O3/c1-23-10-22-17(11-5-6-15(24-2)14(21)8-11)18(23)12-7-13(20)19(26-4)16(9-12)25-3/h5-10H,1-4H3. The Kier molecular flexibility index (Phi) is 5.04. The molecule has 1 heterocycles. The molecular weight excluding hydrogens is 359 g/mol. The van der Waals surface area contributed by atoms with Crippen LogP contribution in [0.1, 0.15) is 0 Å². The number of halogens is 2. The molecule has 3 aromatic rings. The monoisotopic (exact) mass is 376 g/mol. The quantitative estimate of drug-likeness (QED) is 0.654. The van der Waals surface area contributed by atoms with Gasteiger partial charge in [0.1, 0.15) is 0 Å². The Morgan fingerprint density at radius 3 is 2.31 bits per heavy atom. The Balaban J connectivity index is 2.18. The van der Waals surface area contributed by atoms with Crippen molar-refractivity contribution in [2.75, 3.05) is 21.3 Å². The highest BCUT2D eigenvalue weighted by atomic mass is 35.5. The number of aromatic nitrogens is 2. The molecule has 2 aromatic carbocycles. The van der Waals surface area contributed by atoms with Crippen molar-refractivity contribution in [2.24, 2.45) is 7.05 Å². The fraction of sp³-hybridized carbons (Fsp3) is 0.211. The van der Waals surface area contributed by atoms with E-state index in [1.54, 1.807) is 31.6 Å². The summed E-state index contributed by atoms with van der Waals surface area (Å²) in [4.78, 5) is 4.43. The number of methoxy groups -OCH3 is 3. The second-order valence-electron chi connectivity index (χ2n) is 5.60. The van der Waals surface area contributed by atoms with E-state index in [0.717, 1.165) is 11.3 Å². The van der Waals surface area contributed by atoms with Crippen LogP contribution in [0.2, 0.25) is 5.02 Å². The lowest BCUT2D eigenvalue weighted by Crippen LogP contribution is -1.96. The van der Waals surface area contributed by atoms with E-state index in [-0.39, 0.29) is 5.75 Å². The molecule has 7 heteroatoms. The molecule has 0 radical (unpaired) electrons. The van der Waals surface area contributed by atoms with Crippen LogP contribution in [-0.4, -0.2) is 30.9 Å². The molecule has 0 saturated carbocycles. The van der Waals surface area contributed by atoms with Gasteiger partial charge >= 0.3 is 0 Å². The molecule has 0 aliphatic heterocycles. The van der Waals surface area contributed by atoms with Gasteiger partial charge in [0.15, 0.2) is 23.1 Å². The third-order valence-corrected chi connectivity index (χ3v) is 4.35. The maximum Gasteiger partial charge on any atom is 0.179 e. The lowest BCUT2D eigenvalue weighted by Gasteiger charge is -2.13. The van der Waals surface area contributed by atoms with Gasteiger partial charge in [-0.05, 0) is 30.3 Å². The summed E-state index contributed by atoms with van der Waals surface area (Å²) < 4.78 is 31.6. The summed E-state index contributed by atoms with van der Waals surface area (Å²) in [7, 11) is 6.35. The van der Waals surface area contributed by atoms with Gasteiger partial charge in [0.05, 0.1) is 44.1 Å². The van der Waals surface area contributed by atoms with E-state index in [0.29, 0.717) is 27.8 Å². The van der Waals surface area contributed by atoms with Gasteiger partial charge < -0.3 is 18.8 Å². The zero-order valence-electron chi connectivity index (χ0n) is 14.8. The largest absolute Gasteiger partial charge is 0.494 e. The van der Waals surface area contributed by atoms with Gasteiger partial charge in [-0.3, -0.25) is 0 Å². The maximum atomic E-state index is 14.1. The molecule has 0 aliphatic carbocycles. The van der Waals surface area contributed by atoms with E-state index in [4.69, 9.17) is 25.8 Å². The van der Waals surface area contributed by atoms with Crippen LogP contribution in [0.5, 0.6) is 17.2 Å². The van der Waals surface area contributed by atoms with Crippen LogP contribution in [-0.2, 0) is 7.05 Å². The first-order chi connectivity index (χ1) is 12.5. The fourth-order valence-corrected chi connectivity index (χ4v) is 3.14. The molecule has 0 aliphatic rings. The number of rotatable bonds is 5. The number of imidazole rings is 1. The van der Waals surface area contributed by atoms with Crippen LogP contribution >= 0.6 is 11.6 Å². The molecule has 0 spiro atoms. The molecule has 26 heavy (non-hydrogen) atoms. The van der Waals surface area contributed by atoms with E-state index in [9.17, 15) is 4.39 Å². The van der Waals surface area contributed by atoms with Crippen molar-refractivity contribution in [2.45, 2.75) is 0 Å². The molecule has 0 bridgehead atoms. The second kappa shape index (κ2) is 7.25. The van der Waals surface area contributed by atoms with Crippen LogP contribution in [0.15, 0.2) is 36.7 Å². The molecule has 0 N–H and O–H groups in total. The molecule has 0 fully saturated rings. The Morgan fingerprint density at radius 1 is 0.962 bits per heavy atom. The first kappa shape index (κ1) is 18.1. The number of hydrogen-bond donors (Lipinski definition) is 0. The zero-order chi connectivity index (χ0) is 18.8. The van der Waals surface area contributed by atoms with Crippen LogP contribution in [0.25, 0.3) is 22.5 Å². The minimum atomic E-state index is -0.452. The van der Waals surface area contributed by atoms with E-state index < -0.39 is 5.82 Å². The highest BCUT2D eigenvalue weighted by Gasteiger charge is 2.19. The number of benzene rings is 2. The number of hydrogen-bond acceptors (Lipinski definition) is 4. The lowest BCUT2D eigenvalue weighted by atomic mass is 10.0. The summed E-state index contributed by atoms with van der Waals surface area (Å²) in [5.74, 6) is 0.688. The summed E-state index contributed by atoms with van der Waals surface area (Å²) in [5, 5.41) is 0.412. The number of nitrogens with zero attached hydrogens (tertiary/aromatic N) is 2. The van der Waals surface area contributed by atoms with Crippen LogP contribution in [0, 0.1) is 5.82 Å². The van der Waals surface area contributed by atoms with Crippen molar-refractivity contribution in [1.82, 2.24) is 9.55 Å². The van der Waals surface area contributed by atoms with Crippen molar-refractivity contribution in [3.63, 3.8) is 0 Å². The predicted molar refractivity (Wildman–Crippen MR) is 98.7 cm³/mol. The molecular formula is C19H18ClFN2O3. The van der Waals surface area contributed by atoms with Crippen molar-refractivity contribution in [1.29, 1.82) is 0 Å². The average Bonchev–Trinajstić information content (AvgIpc) is 3.02. The van der Waals surface area contributed by atoms with Crippen molar-refractivity contribution in [3.8, 4) is 39.8 Å². The number of ether oxygens (including phenoxy) is 3. The van der Waals surface area contributed by atoms with Crippen molar-refractivity contribution >= 4 is 11.6 Å². The Morgan fingerprint density at radius 2 is 1.69 bits per heavy atom. The van der Waals surface area contributed by atoms with E-state index in [1.165, 1.54) is 20.3 Å². The van der Waals surface area contributed by atoms with E-state index in [2.05, 4.69) is 4.98 Å². The maximum absolute atomic E-state index is 14.1. The first-order valence-electron chi connectivity index (χ1n) is 7.77. The third-order valence-electron chi connectivity index (χ3n) is 4.07. The molecule has 0 amide bonds. The third kappa shape index (κ3) is 3.08. The predicted octanol–water partition coefficient (Wildman–Crippen LogP) is 4.57. The molecule has 136 valence electrons. The van der Waals surface area contributed by atoms with E-state index >= 15 is 0 Å². The van der Waals surface area contributed by atoms with Gasteiger partial charge in [-0.15, -0.1) is 0 Å². The molecule has 1 aromatic heterocycles. The Labute approximate surface area is 155 Å². The SMILES string of the molecule is COc1ccc(-c2ncn(C)c2-c2cc(Cl)c(OC)c(OC)c2)cc1F. The van der Waals surface area contributed by atoms with Gasteiger partial charge in [-0.1, -0.05) is 11.6 Å². The van der Waals surface area contributed by atoms with Gasteiger partial charge in [0.2, 0.25) is 0 Å². The zero-order valence-corrected chi connectivity index (χ0v) is 15.6. The molecule has 0 unspecified atom stereocenters. The molecule has 5 nitrogen and oxygen atoms in total. The molecule has 0 saturated heterocycles. The topological polar surface area (TPSA) is 45.5 Å². The normalized spacial score (nSPS) is 10.7. The highest BCUT2D eigenvalue weighted by Crippen LogP contribution is 2.41. The Bertz CT molecular complexity index is 956. The summed E-state index contributed by atoms with van der Waals surface area (Å²) >= 11 is 6.33. The summed E-state index contributed by atoms with van der Waals surface area (Å²) in [6, 6.07) is 8.31. The van der Waals surface area contributed by atoms with Crippen molar-refractivity contribution in [3.05, 3.63) is 47.5 Å². The minimum Gasteiger partial charge on any atom is -0.494 e. The summed E-state index contributed by atoms with van der Waals surface area (Å²) in [5.41, 5.74) is 2.80. The van der Waals surface area contributed by atoms with Gasteiger partial charge in [-0.2, -0.15) is 0 Å². The first-order valence-corrected chi connectivity index (χ1v) is 8.15. The molecule has 0 atom stereocenters. The van der Waals surface area contributed by atoms with Crippen LogP contribution in [0.3, 0.4) is 0 Å². The van der Waals surface area contributed by atoms with Crippen LogP contribution < -0.4 is 14.2 Å². The summed E-state index contributed by atoms with van der Waals surface area (Å²) in [6.07, 6.45) is 1.66. The molecule has 3 rings (SSSR count). The van der Waals surface area contributed by atoms with Gasteiger partial charge in [0.25, 0.3) is 0 Å². The minimum absolute atomic E-state index is 0.181. The fourth-order valence-electron chi connectivity index (χ4n) is 2.85. The lowest BCUT2D eigenvalue weighted by molar-refractivity contribution is 0.355. The van der Waals surface area contributed by atoms with Crippen molar-refractivity contribution < 1.29 is 18.6 Å².